The van der Waals surface area contributed by atoms with Crippen molar-refractivity contribution < 1.29 is 14.3 Å². The molecule has 0 saturated carbocycles. The van der Waals surface area contributed by atoms with E-state index in [-0.39, 0.29) is 17.6 Å². The third-order valence-corrected chi connectivity index (χ3v) is 7.84. The molecule has 0 radical (unpaired) electrons. The van der Waals surface area contributed by atoms with Crippen molar-refractivity contribution in [2.45, 2.75) is 39.2 Å². The summed E-state index contributed by atoms with van der Waals surface area (Å²) >= 11 is 1.31. The van der Waals surface area contributed by atoms with Gasteiger partial charge in [-0.3, -0.25) is 9.36 Å². The molecule has 0 saturated heterocycles. The Labute approximate surface area is 237 Å². The Balaban J connectivity index is 1.78. The van der Waals surface area contributed by atoms with E-state index in [1.807, 2.05) is 72.8 Å². The van der Waals surface area contributed by atoms with E-state index in [0.29, 0.717) is 26.4 Å². The van der Waals surface area contributed by atoms with E-state index in [1.54, 1.807) is 18.6 Å². The average molecular weight is 553 g/mol. The van der Waals surface area contributed by atoms with Gasteiger partial charge in [0.2, 0.25) is 0 Å². The molecule has 204 valence electrons. The smallest absolute Gasteiger partial charge is 0.338 e. The van der Waals surface area contributed by atoms with Crippen molar-refractivity contribution in [2.75, 3.05) is 13.7 Å². The minimum absolute atomic E-state index is 0.0337. The van der Waals surface area contributed by atoms with E-state index in [9.17, 15) is 9.59 Å². The third kappa shape index (κ3) is 5.29. The van der Waals surface area contributed by atoms with Gasteiger partial charge in [-0.25, -0.2) is 9.79 Å². The van der Waals surface area contributed by atoms with E-state index in [2.05, 4.69) is 32.9 Å². The summed E-state index contributed by atoms with van der Waals surface area (Å²) in [6.07, 6.45) is 1.88. The zero-order chi connectivity index (χ0) is 28.4. The molecule has 0 amide bonds. The first kappa shape index (κ1) is 27.3. The molecule has 1 aliphatic rings. The van der Waals surface area contributed by atoms with E-state index < -0.39 is 12.0 Å². The second-order valence-corrected chi connectivity index (χ2v) is 11.6. The number of hydrogen-bond donors (Lipinski definition) is 0. The number of thiazole rings is 1. The van der Waals surface area contributed by atoms with Crippen molar-refractivity contribution in [3.05, 3.63) is 126 Å². The van der Waals surface area contributed by atoms with E-state index in [4.69, 9.17) is 14.5 Å². The molecule has 4 aromatic rings. The van der Waals surface area contributed by atoms with Crippen LogP contribution in [0.2, 0.25) is 0 Å². The molecule has 40 heavy (non-hydrogen) atoms. The number of carbonyl (C=O) groups is 1. The summed E-state index contributed by atoms with van der Waals surface area (Å²) in [6, 6.07) is 24.4. The number of hydrogen-bond acceptors (Lipinski definition) is 6. The Morgan fingerprint density at radius 3 is 2.40 bits per heavy atom. The quantitative estimate of drug-likeness (QED) is 0.307. The maximum Gasteiger partial charge on any atom is 0.338 e. The van der Waals surface area contributed by atoms with E-state index in [1.165, 1.54) is 16.9 Å². The first-order valence-electron chi connectivity index (χ1n) is 13.2. The number of methoxy groups -OCH3 is 1. The monoisotopic (exact) mass is 552 g/mol. The molecule has 1 aliphatic heterocycles. The molecule has 3 aromatic carbocycles. The van der Waals surface area contributed by atoms with Gasteiger partial charge in [-0.1, -0.05) is 98.8 Å². The van der Waals surface area contributed by atoms with Crippen LogP contribution in [0.4, 0.5) is 0 Å². The van der Waals surface area contributed by atoms with Gasteiger partial charge in [-0.15, -0.1) is 0 Å². The molecule has 0 aliphatic carbocycles. The van der Waals surface area contributed by atoms with Gasteiger partial charge in [0, 0.05) is 5.56 Å². The Morgan fingerprint density at radius 2 is 1.75 bits per heavy atom. The lowest BCUT2D eigenvalue weighted by atomic mass is 9.87. The van der Waals surface area contributed by atoms with Crippen LogP contribution in [0.5, 0.6) is 5.75 Å². The van der Waals surface area contributed by atoms with Crippen LogP contribution < -0.4 is 19.6 Å². The first-order valence-corrected chi connectivity index (χ1v) is 14.1. The Kier molecular flexibility index (Phi) is 7.59. The minimum atomic E-state index is -0.744. The van der Waals surface area contributed by atoms with Gasteiger partial charge < -0.3 is 9.47 Å². The molecule has 5 rings (SSSR count). The fraction of sp³-hybridized carbons (Fsp3) is 0.242. The topological polar surface area (TPSA) is 69.9 Å². The summed E-state index contributed by atoms with van der Waals surface area (Å²) in [5.41, 5.74) is 4.27. The Bertz CT molecular complexity index is 1760. The van der Waals surface area contributed by atoms with Crippen LogP contribution in [-0.2, 0) is 14.9 Å². The van der Waals surface area contributed by atoms with Crippen molar-refractivity contribution >= 4 is 29.1 Å². The van der Waals surface area contributed by atoms with Gasteiger partial charge in [0.1, 0.15) is 5.75 Å². The molecule has 0 N–H and O–H groups in total. The lowest BCUT2D eigenvalue weighted by molar-refractivity contribution is -0.138. The molecule has 7 heteroatoms. The molecule has 0 bridgehead atoms. The van der Waals surface area contributed by atoms with E-state index in [0.717, 1.165) is 16.7 Å². The maximum absolute atomic E-state index is 14.0. The first-order chi connectivity index (χ1) is 19.2. The number of rotatable bonds is 6. The molecule has 0 unspecified atom stereocenters. The zero-order valence-corrected chi connectivity index (χ0v) is 24.1. The summed E-state index contributed by atoms with van der Waals surface area (Å²) in [7, 11) is 1.59. The third-order valence-electron chi connectivity index (χ3n) is 6.86. The average Bonchev–Trinajstić information content (AvgIpc) is 3.26. The maximum atomic E-state index is 14.0. The number of carbonyl (C=O) groups excluding carboxylic acids is 1. The van der Waals surface area contributed by atoms with Gasteiger partial charge in [-0.2, -0.15) is 0 Å². The normalized spacial score (nSPS) is 15.4. The van der Waals surface area contributed by atoms with Gasteiger partial charge in [0.15, 0.2) is 4.80 Å². The molecular formula is C33H32N2O4S. The fourth-order valence-corrected chi connectivity index (χ4v) is 5.80. The number of fused-ring (bicyclic) bond motifs is 1. The van der Waals surface area contributed by atoms with Crippen LogP contribution >= 0.6 is 11.3 Å². The molecule has 1 aromatic heterocycles. The molecule has 0 spiro atoms. The van der Waals surface area contributed by atoms with Crippen LogP contribution in [-0.4, -0.2) is 24.3 Å². The summed E-state index contributed by atoms with van der Waals surface area (Å²) in [5, 5.41) is 0. The lowest BCUT2D eigenvalue weighted by Crippen LogP contribution is -2.40. The standard InChI is InChI=1S/C33H32N2O4S/c1-6-39-31(37)27-28(22-11-8-7-9-12-22)34-32-35(29(27)23-13-10-14-25(20-23)38-5)30(36)26(40-32)19-21-15-17-24(18-16-21)33(2,3)4/h7-20,29H,6H2,1-5H3/b26-19-/t29-/m1/s1. The number of ether oxygens (including phenoxy) is 2. The van der Waals surface area contributed by atoms with Gasteiger partial charge >= 0.3 is 5.97 Å². The van der Waals surface area contributed by atoms with Crippen LogP contribution in [0, 0.1) is 0 Å². The molecule has 2 heterocycles. The highest BCUT2D eigenvalue weighted by Gasteiger charge is 2.35. The summed E-state index contributed by atoms with van der Waals surface area (Å²) in [6.45, 7) is 8.48. The highest BCUT2D eigenvalue weighted by atomic mass is 32.1. The van der Waals surface area contributed by atoms with Crippen molar-refractivity contribution in [1.82, 2.24) is 4.57 Å². The molecular weight excluding hydrogens is 520 g/mol. The highest BCUT2D eigenvalue weighted by molar-refractivity contribution is 7.07. The van der Waals surface area contributed by atoms with Gasteiger partial charge in [0.25, 0.3) is 5.56 Å². The summed E-state index contributed by atoms with van der Waals surface area (Å²) in [5.74, 6) is 0.116. The van der Waals surface area contributed by atoms with Crippen LogP contribution in [0.3, 0.4) is 0 Å². The fourth-order valence-electron chi connectivity index (χ4n) is 4.80. The number of aromatic nitrogens is 1. The predicted molar refractivity (Wildman–Crippen MR) is 159 cm³/mol. The SMILES string of the molecule is CCOC(=O)C1=C(c2ccccc2)N=c2s/c(=C\c3ccc(C(C)(C)C)cc3)c(=O)n2[C@@H]1c1cccc(OC)c1. The van der Waals surface area contributed by atoms with Crippen LogP contribution in [0.15, 0.2) is 94.2 Å². The number of benzene rings is 3. The largest absolute Gasteiger partial charge is 0.497 e. The Hall–Kier alpha value is -4.23. The summed E-state index contributed by atoms with van der Waals surface area (Å²) in [4.78, 5) is 33.0. The molecule has 6 nitrogen and oxygen atoms in total. The van der Waals surface area contributed by atoms with Crippen molar-refractivity contribution in [3.63, 3.8) is 0 Å². The zero-order valence-electron chi connectivity index (χ0n) is 23.3. The van der Waals surface area contributed by atoms with Gasteiger partial charge in [-0.05, 0) is 47.2 Å². The predicted octanol–water partition coefficient (Wildman–Crippen LogP) is 5.24. The number of nitrogens with zero attached hydrogens (tertiary/aromatic N) is 2. The Morgan fingerprint density at radius 1 is 1.02 bits per heavy atom. The molecule has 1 atom stereocenters. The van der Waals surface area contributed by atoms with Crippen LogP contribution in [0.25, 0.3) is 11.8 Å². The van der Waals surface area contributed by atoms with E-state index >= 15 is 0 Å². The minimum Gasteiger partial charge on any atom is -0.497 e. The van der Waals surface area contributed by atoms with Gasteiger partial charge in [0.05, 0.1) is 35.6 Å². The van der Waals surface area contributed by atoms with Crippen molar-refractivity contribution in [3.8, 4) is 5.75 Å². The highest BCUT2D eigenvalue weighted by Crippen LogP contribution is 2.36. The second kappa shape index (κ2) is 11.1. The van der Waals surface area contributed by atoms with Crippen molar-refractivity contribution in [1.29, 1.82) is 0 Å². The number of esters is 1. The molecule has 0 fully saturated rings. The second-order valence-electron chi connectivity index (χ2n) is 10.6. The van der Waals surface area contributed by atoms with Crippen molar-refractivity contribution in [2.24, 2.45) is 4.99 Å². The lowest BCUT2D eigenvalue weighted by Gasteiger charge is -2.26. The van der Waals surface area contributed by atoms with Crippen LogP contribution in [0.1, 0.15) is 56.0 Å². The summed E-state index contributed by atoms with van der Waals surface area (Å²) < 4.78 is 13.2.